The quantitative estimate of drug-likeness (QED) is 0.599. The first-order chi connectivity index (χ1) is 13.7. The number of carbonyl (C=O) groups excluding carboxylic acids is 2. The molecular formula is C21H25N3O4S. The van der Waals surface area contributed by atoms with E-state index >= 15 is 0 Å². The minimum absolute atomic E-state index is 0.241. The van der Waals surface area contributed by atoms with E-state index in [1.807, 2.05) is 31.2 Å². The second-order valence-corrected chi connectivity index (χ2v) is 8.18. The molecule has 0 radical (unpaired) electrons. The fraction of sp³-hybridized carbons (Fsp3) is 0.381. The minimum atomic E-state index is -0.699. The number of aliphatic hydroxyl groups excluding tert-OH is 1. The van der Waals surface area contributed by atoms with Gasteiger partial charge in [0.15, 0.2) is 6.61 Å². The van der Waals surface area contributed by atoms with Crippen LogP contribution in [0, 0.1) is 13.8 Å². The molecule has 2 N–H and O–H groups in total. The van der Waals surface area contributed by atoms with E-state index in [1.165, 1.54) is 16.2 Å². The fourth-order valence-corrected chi connectivity index (χ4v) is 4.41. The fourth-order valence-electron chi connectivity index (χ4n) is 3.35. The molecule has 2 atom stereocenters. The average molecular weight is 416 g/mol. The molecule has 154 valence electrons. The monoisotopic (exact) mass is 415 g/mol. The molecule has 0 aliphatic heterocycles. The van der Waals surface area contributed by atoms with E-state index in [9.17, 15) is 14.7 Å². The van der Waals surface area contributed by atoms with Crippen molar-refractivity contribution >= 4 is 33.4 Å². The summed E-state index contributed by atoms with van der Waals surface area (Å²) in [5.41, 5.74) is 3.17. The Morgan fingerprint density at radius 3 is 2.59 bits per heavy atom. The molecule has 8 heteroatoms. The Morgan fingerprint density at radius 2 is 1.97 bits per heavy atom. The standard InChI is InChI=1S/C21H25N3O4S/c1-11-18(14(4)25)12(2)22-19(11)21(27)28-10-17(26)24(5)13(3)20-23-15-8-6-7-9-16(15)29-20/h6-9,13-14,22,25H,10H2,1-5H3/t13-,14-/m1/s1. The third-order valence-electron chi connectivity index (χ3n) is 5.09. The highest BCUT2D eigenvalue weighted by Crippen LogP contribution is 2.29. The van der Waals surface area contributed by atoms with Gasteiger partial charge in [-0.3, -0.25) is 4.79 Å². The van der Waals surface area contributed by atoms with E-state index in [4.69, 9.17) is 4.74 Å². The van der Waals surface area contributed by atoms with Crippen molar-refractivity contribution in [1.82, 2.24) is 14.9 Å². The van der Waals surface area contributed by atoms with Crippen LogP contribution in [0.1, 0.15) is 58.3 Å². The predicted molar refractivity (Wildman–Crippen MR) is 112 cm³/mol. The van der Waals surface area contributed by atoms with E-state index < -0.39 is 12.1 Å². The highest BCUT2D eigenvalue weighted by atomic mass is 32.1. The number of nitrogens with one attached hydrogen (secondary N) is 1. The second-order valence-electron chi connectivity index (χ2n) is 7.12. The van der Waals surface area contributed by atoms with Crippen LogP contribution >= 0.6 is 11.3 Å². The van der Waals surface area contributed by atoms with Crippen molar-refractivity contribution < 1.29 is 19.4 Å². The lowest BCUT2D eigenvalue weighted by Crippen LogP contribution is -2.33. The third kappa shape index (κ3) is 4.18. The summed E-state index contributed by atoms with van der Waals surface area (Å²) in [5, 5.41) is 10.7. The first kappa shape index (κ1) is 21.0. The molecule has 0 saturated heterocycles. The van der Waals surface area contributed by atoms with Gasteiger partial charge in [0.1, 0.15) is 10.7 Å². The number of rotatable bonds is 6. The summed E-state index contributed by atoms with van der Waals surface area (Å²) in [6.45, 7) is 6.69. The predicted octanol–water partition coefficient (Wildman–Crippen LogP) is 3.67. The number of aromatic nitrogens is 2. The first-order valence-corrected chi connectivity index (χ1v) is 10.2. The van der Waals surface area contributed by atoms with Crippen LogP contribution in [0.5, 0.6) is 0 Å². The lowest BCUT2D eigenvalue weighted by Gasteiger charge is -2.23. The van der Waals surface area contributed by atoms with Gasteiger partial charge in [0.2, 0.25) is 0 Å². The molecule has 0 fully saturated rings. The molecule has 1 aromatic carbocycles. The Kier molecular flexibility index (Phi) is 6.04. The van der Waals surface area contributed by atoms with Gasteiger partial charge in [-0.05, 0) is 45.4 Å². The number of fused-ring (bicyclic) bond motifs is 1. The normalized spacial score (nSPS) is 13.3. The number of nitrogens with zero attached hydrogens (tertiary/aromatic N) is 2. The molecule has 3 aromatic rings. The van der Waals surface area contributed by atoms with Crippen LogP contribution in [0.25, 0.3) is 10.2 Å². The number of aliphatic hydroxyl groups is 1. The number of hydrogen-bond acceptors (Lipinski definition) is 6. The summed E-state index contributed by atoms with van der Waals surface area (Å²) in [4.78, 5) is 34.0. The highest BCUT2D eigenvalue weighted by molar-refractivity contribution is 7.18. The van der Waals surface area contributed by atoms with Crippen molar-refractivity contribution in [3.8, 4) is 0 Å². The van der Waals surface area contributed by atoms with Crippen LogP contribution in [0.15, 0.2) is 24.3 Å². The molecule has 0 bridgehead atoms. The number of aromatic amines is 1. The van der Waals surface area contributed by atoms with Crippen LogP contribution in [-0.4, -0.2) is 45.5 Å². The summed E-state index contributed by atoms with van der Waals surface area (Å²) >= 11 is 1.54. The number of benzene rings is 1. The maximum atomic E-state index is 12.5. The van der Waals surface area contributed by atoms with Gasteiger partial charge in [-0.15, -0.1) is 11.3 Å². The summed E-state index contributed by atoms with van der Waals surface area (Å²) in [6, 6.07) is 7.58. The Bertz CT molecular complexity index is 1020. The number of esters is 1. The molecule has 0 spiro atoms. The molecule has 0 unspecified atom stereocenters. The van der Waals surface area contributed by atoms with Crippen LogP contribution in [0.3, 0.4) is 0 Å². The van der Waals surface area contributed by atoms with E-state index in [1.54, 1.807) is 27.8 Å². The van der Waals surface area contributed by atoms with Crippen LogP contribution in [0.2, 0.25) is 0 Å². The molecule has 29 heavy (non-hydrogen) atoms. The molecular weight excluding hydrogens is 390 g/mol. The van der Waals surface area contributed by atoms with Crippen molar-refractivity contribution in [2.75, 3.05) is 13.7 Å². The summed E-state index contributed by atoms with van der Waals surface area (Å²) in [6.07, 6.45) is -0.699. The van der Waals surface area contributed by atoms with Gasteiger partial charge in [0.05, 0.1) is 22.4 Å². The van der Waals surface area contributed by atoms with Crippen molar-refractivity contribution in [2.45, 2.75) is 39.8 Å². The number of likely N-dealkylation sites (N-methyl/N-ethyl adjacent to an activating group) is 1. The molecule has 0 aliphatic rings. The third-order valence-corrected chi connectivity index (χ3v) is 6.29. The number of carbonyl (C=O) groups is 2. The van der Waals surface area contributed by atoms with Crippen molar-refractivity contribution in [3.05, 3.63) is 51.8 Å². The Balaban J connectivity index is 1.65. The Morgan fingerprint density at radius 1 is 1.28 bits per heavy atom. The Labute approximate surface area is 173 Å². The van der Waals surface area contributed by atoms with Gasteiger partial charge in [-0.2, -0.15) is 0 Å². The van der Waals surface area contributed by atoms with Crippen LogP contribution in [-0.2, 0) is 9.53 Å². The number of thiazole rings is 1. The van der Waals surface area contributed by atoms with E-state index in [2.05, 4.69) is 9.97 Å². The van der Waals surface area contributed by atoms with Crippen LogP contribution < -0.4 is 0 Å². The van der Waals surface area contributed by atoms with Crippen LogP contribution in [0.4, 0.5) is 0 Å². The first-order valence-electron chi connectivity index (χ1n) is 9.36. The number of para-hydroxylation sites is 1. The highest BCUT2D eigenvalue weighted by Gasteiger charge is 2.24. The summed E-state index contributed by atoms with van der Waals surface area (Å²) < 4.78 is 6.29. The Hall–Kier alpha value is -2.71. The zero-order chi connectivity index (χ0) is 21.3. The van der Waals surface area contributed by atoms with E-state index in [-0.39, 0.29) is 24.2 Å². The van der Waals surface area contributed by atoms with Gasteiger partial charge in [-0.25, -0.2) is 9.78 Å². The van der Waals surface area contributed by atoms with Crippen molar-refractivity contribution in [3.63, 3.8) is 0 Å². The SMILES string of the molecule is Cc1[nH]c(C(=O)OCC(=O)N(C)[C@H](C)c2nc3ccccc3s2)c(C)c1[C@@H](C)O. The topological polar surface area (TPSA) is 95.5 Å². The van der Waals surface area contributed by atoms with Gasteiger partial charge < -0.3 is 19.7 Å². The largest absolute Gasteiger partial charge is 0.451 e. The van der Waals surface area contributed by atoms with Crippen molar-refractivity contribution in [1.29, 1.82) is 0 Å². The van der Waals surface area contributed by atoms with E-state index in [0.717, 1.165) is 15.2 Å². The minimum Gasteiger partial charge on any atom is -0.451 e. The molecule has 0 aliphatic carbocycles. The maximum absolute atomic E-state index is 12.5. The smallest absolute Gasteiger partial charge is 0.355 e. The second kappa shape index (κ2) is 8.34. The summed E-state index contributed by atoms with van der Waals surface area (Å²) in [5.74, 6) is -0.936. The number of hydrogen-bond donors (Lipinski definition) is 2. The lowest BCUT2D eigenvalue weighted by molar-refractivity contribution is -0.135. The van der Waals surface area contributed by atoms with Gasteiger partial charge in [0, 0.05) is 18.3 Å². The number of aryl methyl sites for hydroxylation is 1. The van der Waals surface area contributed by atoms with Gasteiger partial charge >= 0.3 is 5.97 Å². The lowest BCUT2D eigenvalue weighted by atomic mass is 10.1. The number of amides is 1. The van der Waals surface area contributed by atoms with Gasteiger partial charge in [0.25, 0.3) is 5.91 Å². The molecule has 3 rings (SSSR count). The molecule has 2 aromatic heterocycles. The molecule has 2 heterocycles. The zero-order valence-corrected chi connectivity index (χ0v) is 18.0. The number of ether oxygens (including phenoxy) is 1. The van der Waals surface area contributed by atoms with Crippen molar-refractivity contribution in [2.24, 2.45) is 0 Å². The zero-order valence-electron chi connectivity index (χ0n) is 17.1. The van der Waals surface area contributed by atoms with E-state index in [0.29, 0.717) is 16.8 Å². The number of H-pyrrole nitrogens is 1. The van der Waals surface area contributed by atoms with Gasteiger partial charge in [-0.1, -0.05) is 12.1 Å². The summed E-state index contributed by atoms with van der Waals surface area (Å²) in [7, 11) is 1.67. The molecule has 0 saturated carbocycles. The average Bonchev–Trinajstić information content (AvgIpc) is 3.25. The maximum Gasteiger partial charge on any atom is 0.355 e. The molecule has 7 nitrogen and oxygen atoms in total. The molecule has 1 amide bonds.